The lowest BCUT2D eigenvalue weighted by Crippen LogP contribution is -2.44. The predicted octanol–water partition coefficient (Wildman–Crippen LogP) is 6.28. The number of fused-ring (bicyclic) bond motifs is 1. The summed E-state index contributed by atoms with van der Waals surface area (Å²) in [5, 5.41) is 0.652. The molecule has 1 fully saturated rings. The van der Waals surface area contributed by atoms with Gasteiger partial charge in [0.05, 0.1) is 36.4 Å². The first-order chi connectivity index (χ1) is 17.2. The monoisotopic (exact) mass is 505 g/mol. The maximum atomic E-state index is 13.4. The lowest BCUT2D eigenvalue weighted by Gasteiger charge is -2.43. The van der Waals surface area contributed by atoms with Gasteiger partial charge in [-0.2, -0.15) is 0 Å². The number of amidine groups is 1. The molecule has 0 saturated carbocycles. The number of benzene rings is 2. The average molecular weight is 506 g/mol. The zero-order valence-corrected chi connectivity index (χ0v) is 23.0. The highest BCUT2D eigenvalue weighted by atomic mass is 32.2. The Morgan fingerprint density at radius 3 is 2.47 bits per heavy atom. The van der Waals surface area contributed by atoms with Crippen LogP contribution in [-0.4, -0.2) is 55.4 Å². The van der Waals surface area contributed by atoms with Gasteiger partial charge in [-0.05, 0) is 106 Å². The van der Waals surface area contributed by atoms with Gasteiger partial charge < -0.3 is 14.4 Å². The molecule has 4 rings (SSSR count). The summed E-state index contributed by atoms with van der Waals surface area (Å²) in [6.45, 7) is 12.8. The molecule has 2 heterocycles. The second-order valence-electron chi connectivity index (χ2n) is 9.60. The van der Waals surface area contributed by atoms with Gasteiger partial charge in [-0.25, -0.2) is 4.99 Å². The predicted molar refractivity (Wildman–Crippen MR) is 151 cm³/mol. The maximum Gasteiger partial charge on any atom is 0.266 e. The van der Waals surface area contributed by atoms with Crippen LogP contribution in [0, 0.1) is 6.92 Å². The molecule has 2 aromatic carbocycles. The molecule has 7 heteroatoms. The van der Waals surface area contributed by atoms with Crippen molar-refractivity contribution in [1.82, 2.24) is 4.90 Å². The fourth-order valence-corrected chi connectivity index (χ4v) is 5.87. The second kappa shape index (κ2) is 10.5. The Morgan fingerprint density at radius 1 is 1.11 bits per heavy atom. The summed E-state index contributed by atoms with van der Waals surface area (Å²) in [5.74, 6) is 0.716. The number of amides is 1. The number of aryl methyl sites for hydroxylation is 1. The van der Waals surface area contributed by atoms with Crippen LogP contribution < -0.4 is 9.64 Å². The Hall–Kier alpha value is -3.03. The van der Waals surface area contributed by atoms with Crippen molar-refractivity contribution in [3.8, 4) is 5.75 Å². The maximum absolute atomic E-state index is 13.4. The fraction of sp³-hybridized carbons (Fsp3) is 0.379. The van der Waals surface area contributed by atoms with E-state index in [0.29, 0.717) is 23.2 Å². The largest absolute Gasteiger partial charge is 0.497 e. The Bertz CT molecular complexity index is 1250. The molecule has 0 spiro atoms. The minimum Gasteiger partial charge on any atom is -0.497 e. The molecule has 6 nitrogen and oxygen atoms in total. The highest BCUT2D eigenvalue weighted by Gasteiger charge is 2.34. The molecule has 0 bridgehead atoms. The molecule has 1 saturated heterocycles. The molecule has 0 atom stereocenters. The van der Waals surface area contributed by atoms with E-state index in [1.54, 1.807) is 19.1 Å². The normalized spacial score (nSPS) is 19.2. The minimum absolute atomic E-state index is 0.0375. The highest BCUT2D eigenvalue weighted by molar-refractivity contribution is 8.18. The van der Waals surface area contributed by atoms with E-state index in [-0.39, 0.29) is 11.4 Å². The molecular weight excluding hydrogens is 470 g/mol. The van der Waals surface area contributed by atoms with E-state index in [2.05, 4.69) is 57.7 Å². The molecule has 0 unspecified atom stereocenters. The summed E-state index contributed by atoms with van der Waals surface area (Å²) in [7, 11) is 3.27. The summed E-state index contributed by atoms with van der Waals surface area (Å²) in [5.41, 5.74) is 6.64. The Kier molecular flexibility index (Phi) is 7.62. The molecule has 2 aliphatic heterocycles. The molecule has 1 amide bonds. The zero-order valence-electron chi connectivity index (χ0n) is 22.2. The Morgan fingerprint density at radius 2 is 1.83 bits per heavy atom. The van der Waals surface area contributed by atoms with Gasteiger partial charge in [-0.3, -0.25) is 9.69 Å². The molecule has 0 aliphatic carbocycles. The first kappa shape index (κ1) is 26.0. The summed E-state index contributed by atoms with van der Waals surface area (Å²) in [6.07, 6.45) is 4.33. The van der Waals surface area contributed by atoms with Crippen molar-refractivity contribution in [2.45, 2.75) is 40.2 Å². The minimum atomic E-state index is -0.0509. The molecule has 36 heavy (non-hydrogen) atoms. The smallest absolute Gasteiger partial charge is 0.266 e. The molecule has 0 aromatic heterocycles. The number of carbonyl (C=O) groups is 1. The number of anilines is 1. The number of nitrogens with zero attached hydrogens (tertiary/aromatic N) is 3. The standard InChI is InChI=1S/C29H35N3O3S/c1-8-32-25-15-19(2)21(16-24(25)20(3)18-29(32,4)5)17-26-27(33)31(13-14-34-6)28(36-26)30-22-9-11-23(35-7)12-10-22/h9-12,15-18H,8,13-14H2,1-7H3/b26-17+,30-28?. The number of carbonyl (C=O) groups excluding carboxylic acids is 1. The van der Waals surface area contributed by atoms with Crippen molar-refractivity contribution in [2.75, 3.05) is 38.8 Å². The van der Waals surface area contributed by atoms with Crippen molar-refractivity contribution in [2.24, 2.45) is 4.99 Å². The van der Waals surface area contributed by atoms with Crippen molar-refractivity contribution in [3.63, 3.8) is 0 Å². The van der Waals surface area contributed by atoms with Gasteiger partial charge in [0.2, 0.25) is 0 Å². The first-order valence-electron chi connectivity index (χ1n) is 12.2. The Balaban J connectivity index is 1.72. The van der Waals surface area contributed by atoms with E-state index < -0.39 is 0 Å². The number of methoxy groups -OCH3 is 2. The van der Waals surface area contributed by atoms with E-state index in [4.69, 9.17) is 14.5 Å². The number of hydrogen-bond donors (Lipinski definition) is 0. The van der Waals surface area contributed by atoms with Crippen molar-refractivity contribution in [1.29, 1.82) is 0 Å². The fourth-order valence-electron chi connectivity index (χ4n) is 4.86. The molecule has 0 radical (unpaired) electrons. The van der Waals surface area contributed by atoms with Crippen LogP contribution in [0.3, 0.4) is 0 Å². The molecule has 2 aromatic rings. The van der Waals surface area contributed by atoms with E-state index in [9.17, 15) is 4.79 Å². The van der Waals surface area contributed by atoms with Crippen molar-refractivity contribution < 1.29 is 14.3 Å². The van der Waals surface area contributed by atoms with Gasteiger partial charge in [0.1, 0.15) is 5.75 Å². The lowest BCUT2D eigenvalue weighted by atomic mass is 9.87. The van der Waals surface area contributed by atoms with Crippen LogP contribution in [0.2, 0.25) is 0 Å². The van der Waals surface area contributed by atoms with Gasteiger partial charge in [-0.15, -0.1) is 0 Å². The summed E-state index contributed by atoms with van der Waals surface area (Å²) >= 11 is 1.40. The third-order valence-electron chi connectivity index (χ3n) is 6.67. The third kappa shape index (κ3) is 5.08. The number of aliphatic imine (C=N–C) groups is 1. The van der Waals surface area contributed by atoms with Crippen LogP contribution in [0.1, 0.15) is 44.4 Å². The summed E-state index contributed by atoms with van der Waals surface area (Å²) in [4.78, 5) is 23.0. The SMILES string of the molecule is CCN1c2cc(C)c(/C=C3/SC(=Nc4ccc(OC)cc4)N(CCOC)C3=O)cc2C(C)=CC1(C)C. The molecule has 0 N–H and O–H groups in total. The topological polar surface area (TPSA) is 54.4 Å². The highest BCUT2D eigenvalue weighted by Crippen LogP contribution is 2.41. The lowest BCUT2D eigenvalue weighted by molar-refractivity contribution is -0.122. The van der Waals surface area contributed by atoms with Gasteiger partial charge >= 0.3 is 0 Å². The quantitative estimate of drug-likeness (QED) is 0.415. The van der Waals surface area contributed by atoms with Crippen molar-refractivity contribution >= 4 is 45.9 Å². The number of rotatable bonds is 7. The number of likely N-dealkylation sites (N-methyl/N-ethyl adjacent to an activating group) is 1. The first-order valence-corrected chi connectivity index (χ1v) is 13.1. The third-order valence-corrected chi connectivity index (χ3v) is 7.68. The van der Waals surface area contributed by atoms with Gasteiger partial charge in [0.25, 0.3) is 5.91 Å². The number of thioether (sulfide) groups is 1. The van der Waals surface area contributed by atoms with Crippen LogP contribution in [0.15, 0.2) is 52.4 Å². The van der Waals surface area contributed by atoms with Crippen LogP contribution in [0.4, 0.5) is 11.4 Å². The van der Waals surface area contributed by atoms with Crippen LogP contribution in [-0.2, 0) is 9.53 Å². The summed E-state index contributed by atoms with van der Waals surface area (Å²) < 4.78 is 10.5. The molecular formula is C29H35N3O3S. The average Bonchev–Trinajstić information content (AvgIpc) is 3.12. The summed E-state index contributed by atoms with van der Waals surface area (Å²) in [6, 6.07) is 12.0. The molecule has 190 valence electrons. The van der Waals surface area contributed by atoms with E-state index in [1.807, 2.05) is 30.3 Å². The van der Waals surface area contributed by atoms with Gasteiger partial charge in [0, 0.05) is 24.9 Å². The molecule has 2 aliphatic rings. The number of hydrogen-bond acceptors (Lipinski definition) is 6. The van der Waals surface area contributed by atoms with E-state index in [1.165, 1.54) is 28.6 Å². The van der Waals surface area contributed by atoms with Crippen molar-refractivity contribution in [3.05, 3.63) is 64.1 Å². The van der Waals surface area contributed by atoms with Gasteiger partial charge in [-0.1, -0.05) is 6.08 Å². The zero-order chi connectivity index (χ0) is 26.0. The van der Waals surface area contributed by atoms with E-state index >= 15 is 0 Å². The number of allylic oxidation sites excluding steroid dienone is 1. The van der Waals surface area contributed by atoms with Crippen LogP contribution >= 0.6 is 11.8 Å². The van der Waals surface area contributed by atoms with Gasteiger partial charge in [0.15, 0.2) is 5.17 Å². The second-order valence-corrected chi connectivity index (χ2v) is 10.6. The van der Waals surface area contributed by atoms with Crippen LogP contribution in [0.25, 0.3) is 11.6 Å². The number of ether oxygens (including phenoxy) is 2. The Labute approximate surface area is 218 Å². The van der Waals surface area contributed by atoms with E-state index in [0.717, 1.165) is 29.1 Å². The van der Waals surface area contributed by atoms with Crippen LogP contribution in [0.5, 0.6) is 5.75 Å².